The SMILES string of the molecule is CC[C@@H](C)NC(=O)[C@@H](Cc1ccccc1)N(Cc1ccc(Cl)cc1)C(=O)CN(c1cc(C)ccc1OC)S(=O)(=O)c1ccccc1. The second kappa shape index (κ2) is 15.8. The molecule has 0 fully saturated rings. The van der Waals surface area contributed by atoms with Gasteiger partial charge >= 0.3 is 0 Å². The predicted molar refractivity (Wildman–Crippen MR) is 183 cm³/mol. The number of halogens is 1. The Labute approximate surface area is 277 Å². The maximum atomic E-state index is 14.6. The van der Waals surface area contributed by atoms with Crippen molar-refractivity contribution in [3.63, 3.8) is 0 Å². The number of rotatable bonds is 14. The summed E-state index contributed by atoms with van der Waals surface area (Å²) in [5.74, 6) is -0.595. The number of hydrogen-bond donors (Lipinski definition) is 1. The van der Waals surface area contributed by atoms with E-state index < -0.39 is 28.5 Å². The molecule has 4 aromatic carbocycles. The molecule has 0 aromatic heterocycles. The summed E-state index contributed by atoms with van der Waals surface area (Å²) in [6, 6.07) is 28.5. The molecule has 0 aliphatic rings. The lowest BCUT2D eigenvalue weighted by Crippen LogP contribution is -2.54. The molecule has 1 N–H and O–H groups in total. The molecule has 0 heterocycles. The van der Waals surface area contributed by atoms with E-state index in [1.54, 1.807) is 60.7 Å². The summed E-state index contributed by atoms with van der Waals surface area (Å²) in [4.78, 5) is 30.1. The minimum Gasteiger partial charge on any atom is -0.495 e. The molecule has 4 aromatic rings. The summed E-state index contributed by atoms with van der Waals surface area (Å²) in [7, 11) is -2.80. The highest BCUT2D eigenvalue weighted by Crippen LogP contribution is 2.34. The Hall–Kier alpha value is -4.34. The van der Waals surface area contributed by atoms with Gasteiger partial charge in [0.15, 0.2) is 0 Å². The Kier molecular flexibility index (Phi) is 11.8. The van der Waals surface area contributed by atoms with Crippen molar-refractivity contribution in [2.24, 2.45) is 0 Å². The van der Waals surface area contributed by atoms with Crippen LogP contribution in [0, 0.1) is 6.92 Å². The van der Waals surface area contributed by atoms with E-state index in [1.165, 1.54) is 24.1 Å². The van der Waals surface area contributed by atoms with Crippen molar-refractivity contribution in [3.8, 4) is 5.75 Å². The zero-order chi connectivity index (χ0) is 33.3. The topological polar surface area (TPSA) is 96.0 Å². The number of benzene rings is 4. The number of sulfonamides is 1. The first-order valence-electron chi connectivity index (χ1n) is 15.1. The third kappa shape index (κ3) is 8.68. The fraction of sp³-hybridized carbons (Fsp3) is 0.278. The molecule has 0 saturated carbocycles. The van der Waals surface area contributed by atoms with Gasteiger partial charge in [0.1, 0.15) is 18.3 Å². The first kappa shape index (κ1) is 34.5. The summed E-state index contributed by atoms with van der Waals surface area (Å²) >= 11 is 6.16. The van der Waals surface area contributed by atoms with Crippen LogP contribution in [-0.4, -0.2) is 50.9 Å². The lowest BCUT2D eigenvalue weighted by Gasteiger charge is -2.34. The van der Waals surface area contributed by atoms with Gasteiger partial charge in [-0.1, -0.05) is 85.3 Å². The van der Waals surface area contributed by atoms with E-state index >= 15 is 0 Å². The number of ether oxygens (including phenoxy) is 1. The summed E-state index contributed by atoms with van der Waals surface area (Å²) in [5.41, 5.74) is 2.59. The standard InChI is InChI=1S/C36H40ClN3O5S/c1-5-27(3)38-36(42)33(23-28-12-8-6-9-13-28)39(24-29-17-19-30(37)20-18-29)35(41)25-40(32-22-26(2)16-21-34(32)45-4)46(43,44)31-14-10-7-11-15-31/h6-22,27,33H,5,23-25H2,1-4H3,(H,38,42)/t27-,33-/m1/s1. The van der Waals surface area contributed by atoms with Crippen LogP contribution in [0.25, 0.3) is 0 Å². The predicted octanol–water partition coefficient (Wildman–Crippen LogP) is 6.41. The monoisotopic (exact) mass is 661 g/mol. The molecule has 0 unspecified atom stereocenters. The number of carbonyl (C=O) groups excluding carboxylic acids is 2. The Morgan fingerprint density at radius 3 is 2.13 bits per heavy atom. The number of carbonyl (C=O) groups is 2. The number of amides is 2. The van der Waals surface area contributed by atoms with Gasteiger partial charge in [0.25, 0.3) is 10.0 Å². The zero-order valence-electron chi connectivity index (χ0n) is 26.5. The molecule has 2 atom stereocenters. The summed E-state index contributed by atoms with van der Waals surface area (Å²) < 4.78 is 35.1. The van der Waals surface area contributed by atoms with Crippen LogP contribution < -0.4 is 14.4 Å². The van der Waals surface area contributed by atoms with Crippen molar-refractivity contribution < 1.29 is 22.7 Å². The van der Waals surface area contributed by atoms with Crippen LogP contribution in [0.3, 0.4) is 0 Å². The van der Waals surface area contributed by atoms with Gasteiger partial charge in [0.05, 0.1) is 17.7 Å². The van der Waals surface area contributed by atoms with Crippen LogP contribution in [-0.2, 0) is 32.6 Å². The average Bonchev–Trinajstić information content (AvgIpc) is 3.06. The fourth-order valence-corrected chi connectivity index (χ4v) is 6.57. The van der Waals surface area contributed by atoms with Crippen LogP contribution in [0.5, 0.6) is 5.75 Å². The highest BCUT2D eigenvalue weighted by atomic mass is 35.5. The summed E-state index contributed by atoms with van der Waals surface area (Å²) in [6.07, 6.45) is 0.923. The van der Waals surface area contributed by atoms with Crippen LogP contribution in [0.1, 0.15) is 37.0 Å². The van der Waals surface area contributed by atoms with Crippen molar-refractivity contribution in [1.29, 1.82) is 0 Å². The van der Waals surface area contributed by atoms with Crippen molar-refractivity contribution in [3.05, 3.63) is 125 Å². The van der Waals surface area contributed by atoms with Gasteiger partial charge in [-0.2, -0.15) is 0 Å². The first-order valence-corrected chi connectivity index (χ1v) is 17.0. The molecule has 0 radical (unpaired) electrons. The molecule has 0 bridgehead atoms. The van der Waals surface area contributed by atoms with Gasteiger partial charge in [-0.15, -0.1) is 0 Å². The van der Waals surface area contributed by atoms with E-state index in [2.05, 4.69) is 5.32 Å². The molecule has 2 amide bonds. The Bertz CT molecular complexity index is 1720. The van der Waals surface area contributed by atoms with Gasteiger partial charge in [0.2, 0.25) is 11.8 Å². The Morgan fingerprint density at radius 1 is 0.891 bits per heavy atom. The minimum absolute atomic E-state index is 0.0194. The molecular formula is C36H40ClN3O5S. The quantitative estimate of drug-likeness (QED) is 0.169. The maximum absolute atomic E-state index is 14.6. The number of aryl methyl sites for hydroxylation is 1. The van der Waals surface area contributed by atoms with E-state index in [1.807, 2.05) is 51.1 Å². The molecule has 0 aliphatic heterocycles. The Morgan fingerprint density at radius 2 is 1.52 bits per heavy atom. The zero-order valence-corrected chi connectivity index (χ0v) is 28.1. The van der Waals surface area contributed by atoms with Gasteiger partial charge < -0.3 is 15.0 Å². The van der Waals surface area contributed by atoms with E-state index in [0.29, 0.717) is 11.4 Å². The normalized spacial score (nSPS) is 12.5. The average molecular weight is 662 g/mol. The largest absolute Gasteiger partial charge is 0.495 e. The number of anilines is 1. The molecular weight excluding hydrogens is 622 g/mol. The lowest BCUT2D eigenvalue weighted by atomic mass is 10.0. The lowest BCUT2D eigenvalue weighted by molar-refractivity contribution is -0.140. The van der Waals surface area contributed by atoms with Crippen molar-refractivity contribution in [2.75, 3.05) is 18.0 Å². The van der Waals surface area contributed by atoms with Gasteiger partial charge in [-0.3, -0.25) is 13.9 Å². The summed E-state index contributed by atoms with van der Waals surface area (Å²) in [5, 5.41) is 3.57. The van der Waals surface area contributed by atoms with Gasteiger partial charge in [0, 0.05) is 24.0 Å². The molecule has 0 aliphatic carbocycles. The third-order valence-corrected chi connectivity index (χ3v) is 9.78. The third-order valence-electron chi connectivity index (χ3n) is 7.75. The highest BCUT2D eigenvalue weighted by Gasteiger charge is 2.35. The molecule has 8 nitrogen and oxygen atoms in total. The molecule has 0 saturated heterocycles. The van der Waals surface area contributed by atoms with Crippen molar-refractivity contribution in [2.45, 2.75) is 57.1 Å². The van der Waals surface area contributed by atoms with E-state index in [0.717, 1.165) is 21.0 Å². The maximum Gasteiger partial charge on any atom is 0.264 e. The fourth-order valence-electron chi connectivity index (χ4n) is 5.01. The van der Waals surface area contributed by atoms with Gasteiger partial charge in [-0.25, -0.2) is 8.42 Å². The molecule has 10 heteroatoms. The summed E-state index contributed by atoms with van der Waals surface area (Å²) in [6.45, 7) is 5.18. The molecule has 46 heavy (non-hydrogen) atoms. The number of methoxy groups -OCH3 is 1. The highest BCUT2D eigenvalue weighted by molar-refractivity contribution is 7.92. The van der Waals surface area contributed by atoms with Crippen molar-refractivity contribution in [1.82, 2.24) is 10.2 Å². The smallest absolute Gasteiger partial charge is 0.264 e. The van der Waals surface area contributed by atoms with Crippen LogP contribution in [0.2, 0.25) is 5.02 Å². The first-order chi connectivity index (χ1) is 22.0. The number of hydrogen-bond acceptors (Lipinski definition) is 5. The Balaban J connectivity index is 1.84. The number of nitrogens with one attached hydrogen (secondary N) is 1. The van der Waals surface area contributed by atoms with E-state index in [4.69, 9.17) is 16.3 Å². The second-order valence-electron chi connectivity index (χ2n) is 11.2. The van der Waals surface area contributed by atoms with E-state index in [9.17, 15) is 18.0 Å². The van der Waals surface area contributed by atoms with E-state index in [-0.39, 0.29) is 41.2 Å². The van der Waals surface area contributed by atoms with Crippen LogP contribution in [0.15, 0.2) is 108 Å². The molecule has 242 valence electrons. The molecule has 0 spiro atoms. The van der Waals surface area contributed by atoms with Crippen molar-refractivity contribution >= 4 is 39.1 Å². The van der Waals surface area contributed by atoms with Crippen LogP contribution >= 0.6 is 11.6 Å². The number of nitrogens with zero attached hydrogens (tertiary/aromatic N) is 2. The minimum atomic E-state index is -4.25. The van der Waals surface area contributed by atoms with Gasteiger partial charge in [-0.05, 0) is 73.4 Å². The molecule has 4 rings (SSSR count). The van der Waals surface area contributed by atoms with Crippen LogP contribution in [0.4, 0.5) is 5.69 Å². The second-order valence-corrected chi connectivity index (χ2v) is 13.5.